The molecule has 0 unspecified atom stereocenters. The number of aliphatic hydroxyl groups is 2. The Morgan fingerprint density at radius 2 is 1.47 bits per heavy atom. The van der Waals surface area contributed by atoms with Crippen LogP contribution in [-0.2, 0) is 17.6 Å². The van der Waals surface area contributed by atoms with Gasteiger partial charge in [0.15, 0.2) is 0 Å². The summed E-state index contributed by atoms with van der Waals surface area (Å²) in [6.07, 6.45) is 10.2. The molecule has 5 atom stereocenters. The van der Waals surface area contributed by atoms with E-state index in [0.717, 1.165) is 91.4 Å². The fraction of sp³-hybridized carbons (Fsp3) is 0.500. The predicted octanol–water partition coefficient (Wildman–Crippen LogP) is 9.53. The molecule has 8 rings (SSSR count). The lowest BCUT2D eigenvalue weighted by Crippen LogP contribution is -2.46. The highest BCUT2D eigenvalue weighted by Gasteiger charge is 2.47. The van der Waals surface area contributed by atoms with Crippen LogP contribution in [0.25, 0.3) is 11.1 Å². The zero-order chi connectivity index (χ0) is 39.5. The van der Waals surface area contributed by atoms with Crippen molar-refractivity contribution in [3.05, 3.63) is 94.5 Å². The Kier molecular flexibility index (Phi) is 12.2. The molecule has 0 bridgehead atoms. The third-order valence-corrected chi connectivity index (χ3v) is 12.7. The number of benzene rings is 4. The molecule has 0 amide bonds. The van der Waals surface area contributed by atoms with Crippen LogP contribution in [0.15, 0.2) is 66.7 Å². The molecular formula is C48H58O9. The average molecular weight is 779 g/mol. The number of aliphatic hydroxyl groups excluding tert-OH is 2. The molecule has 2 saturated carbocycles. The molecule has 4 aromatic rings. The average Bonchev–Trinajstić information content (AvgIpc) is 3.73. The van der Waals surface area contributed by atoms with Gasteiger partial charge in [0.25, 0.3) is 0 Å². The lowest BCUT2D eigenvalue weighted by molar-refractivity contribution is -0.0890. The van der Waals surface area contributed by atoms with Gasteiger partial charge in [-0.3, -0.25) is 0 Å². The van der Waals surface area contributed by atoms with Crippen LogP contribution in [0.5, 0.6) is 34.5 Å². The second kappa shape index (κ2) is 17.6. The van der Waals surface area contributed by atoms with Crippen molar-refractivity contribution in [3.63, 3.8) is 0 Å². The molecule has 0 saturated heterocycles. The number of ether oxygens (including phenoxy) is 5. The molecular weight excluding hydrogens is 721 g/mol. The van der Waals surface area contributed by atoms with E-state index in [4.69, 9.17) is 23.7 Å². The summed E-state index contributed by atoms with van der Waals surface area (Å²) in [5.74, 6) is 2.01. The molecule has 2 aliphatic heterocycles. The summed E-state index contributed by atoms with van der Waals surface area (Å²) in [4.78, 5) is 0. The number of phenols is 2. The fourth-order valence-electron chi connectivity index (χ4n) is 9.71. The smallest absolute Gasteiger partial charge is 0.128 e. The van der Waals surface area contributed by atoms with Crippen LogP contribution in [0.2, 0.25) is 0 Å². The molecule has 9 nitrogen and oxygen atoms in total. The van der Waals surface area contributed by atoms with Gasteiger partial charge < -0.3 is 44.1 Å². The number of hydrogen-bond acceptors (Lipinski definition) is 9. The van der Waals surface area contributed by atoms with E-state index in [9.17, 15) is 20.4 Å². The molecule has 2 heterocycles. The number of aryl methyl sites for hydroxylation is 1. The van der Waals surface area contributed by atoms with Crippen LogP contribution in [0, 0.1) is 11.8 Å². The van der Waals surface area contributed by atoms with Crippen molar-refractivity contribution in [2.45, 2.75) is 121 Å². The standard InChI is InChI=1S/C48H58O9/c1-3-29-24-38(30-11-9-12-33(49)22-30)31(25-42(29)50)21-32-23-37(56-35-15-7-8-16-35)27-40-46(51)41(28-54-48(32)40)45-44(17-10-20-53-2)57-43-19-18-36(26-39(43)47(45)52)55-34-13-5-4-6-14-34/h9,11-12,18-19,22-27,34-35,41,44-47,49-52H,3-8,10,13-17,20-21,28H2,1-2H3/t41-,44-,45+,46-,47+/m1/s1. The third kappa shape index (κ3) is 8.57. The van der Waals surface area contributed by atoms with Crippen LogP contribution in [0.1, 0.15) is 118 Å². The summed E-state index contributed by atoms with van der Waals surface area (Å²) >= 11 is 0. The molecule has 9 heteroatoms. The van der Waals surface area contributed by atoms with E-state index in [-0.39, 0.29) is 36.4 Å². The van der Waals surface area contributed by atoms with Gasteiger partial charge in [0.1, 0.15) is 40.6 Å². The van der Waals surface area contributed by atoms with Gasteiger partial charge in [-0.05, 0) is 147 Å². The van der Waals surface area contributed by atoms with Crippen LogP contribution in [0.3, 0.4) is 0 Å². The Labute approximate surface area is 336 Å². The summed E-state index contributed by atoms with van der Waals surface area (Å²) in [6.45, 7) is 2.73. The van der Waals surface area contributed by atoms with Crippen molar-refractivity contribution in [3.8, 4) is 45.6 Å². The lowest BCUT2D eigenvalue weighted by atomic mass is 9.72. The fourth-order valence-corrected chi connectivity index (χ4v) is 9.71. The van der Waals surface area contributed by atoms with Gasteiger partial charge in [0.05, 0.1) is 31.0 Å². The van der Waals surface area contributed by atoms with Crippen LogP contribution < -0.4 is 18.9 Å². The highest BCUT2D eigenvalue weighted by molar-refractivity contribution is 5.72. The maximum absolute atomic E-state index is 12.5. The second-order valence-electron chi connectivity index (χ2n) is 16.6. The van der Waals surface area contributed by atoms with E-state index in [2.05, 4.69) is 0 Å². The first-order chi connectivity index (χ1) is 27.8. The van der Waals surface area contributed by atoms with Crippen molar-refractivity contribution < 1.29 is 44.1 Å². The number of aromatic hydroxyl groups is 2. The van der Waals surface area contributed by atoms with Crippen LogP contribution in [-0.4, -0.2) is 59.1 Å². The van der Waals surface area contributed by atoms with E-state index in [1.807, 2.05) is 55.5 Å². The Hall–Kier alpha value is -4.44. The molecule has 0 radical (unpaired) electrons. The van der Waals surface area contributed by atoms with Gasteiger partial charge in [-0.15, -0.1) is 0 Å². The van der Waals surface area contributed by atoms with Gasteiger partial charge in [-0.25, -0.2) is 0 Å². The van der Waals surface area contributed by atoms with Gasteiger partial charge in [0.2, 0.25) is 0 Å². The summed E-state index contributed by atoms with van der Waals surface area (Å²) in [7, 11) is 1.68. The van der Waals surface area contributed by atoms with Crippen LogP contribution in [0.4, 0.5) is 0 Å². The van der Waals surface area contributed by atoms with Crippen LogP contribution >= 0.6 is 0 Å². The van der Waals surface area contributed by atoms with E-state index in [0.29, 0.717) is 54.2 Å². The van der Waals surface area contributed by atoms with Crippen molar-refractivity contribution in [1.29, 1.82) is 0 Å². The van der Waals surface area contributed by atoms with E-state index < -0.39 is 24.0 Å². The Bertz CT molecular complexity index is 2000. The second-order valence-corrected chi connectivity index (χ2v) is 16.6. The molecule has 304 valence electrons. The molecule has 4 N–H and O–H groups in total. The SMILES string of the molecule is CCc1cc(-c2cccc(O)c2)c(Cc2cc(OC3CCCC3)cc3c2OC[C@H]([C@H]2[C@@H](CCCOC)Oc4ccc(OC5CCCCC5)cc4[C@@H]2O)[C@@H]3O)cc1O. The number of phenolic OH excluding ortho intramolecular Hbond substituents is 2. The topological polar surface area (TPSA) is 127 Å². The van der Waals surface area contributed by atoms with Gasteiger partial charge in [0, 0.05) is 48.7 Å². The van der Waals surface area contributed by atoms with Gasteiger partial charge in [-0.2, -0.15) is 0 Å². The summed E-state index contributed by atoms with van der Waals surface area (Å²) in [5, 5.41) is 46.4. The minimum absolute atomic E-state index is 0.0874. The van der Waals surface area contributed by atoms with E-state index in [1.165, 1.54) is 6.42 Å². The van der Waals surface area contributed by atoms with E-state index >= 15 is 0 Å². The van der Waals surface area contributed by atoms with E-state index in [1.54, 1.807) is 25.3 Å². The highest BCUT2D eigenvalue weighted by atomic mass is 16.5. The van der Waals surface area contributed by atoms with Crippen molar-refractivity contribution >= 4 is 0 Å². The quantitative estimate of drug-likeness (QED) is 0.0982. The first kappa shape index (κ1) is 39.4. The minimum atomic E-state index is -0.988. The third-order valence-electron chi connectivity index (χ3n) is 12.7. The first-order valence-electron chi connectivity index (χ1n) is 21.2. The zero-order valence-electron chi connectivity index (χ0n) is 33.3. The first-order valence-corrected chi connectivity index (χ1v) is 21.2. The highest BCUT2D eigenvalue weighted by Crippen LogP contribution is 2.52. The Morgan fingerprint density at radius 3 is 2.21 bits per heavy atom. The summed E-state index contributed by atoms with van der Waals surface area (Å²) in [5.41, 5.74) is 5.53. The van der Waals surface area contributed by atoms with Crippen molar-refractivity contribution in [2.75, 3.05) is 20.3 Å². The Morgan fingerprint density at radius 1 is 0.737 bits per heavy atom. The minimum Gasteiger partial charge on any atom is -0.508 e. The largest absolute Gasteiger partial charge is 0.508 e. The predicted molar refractivity (Wildman–Crippen MR) is 219 cm³/mol. The van der Waals surface area contributed by atoms with Crippen molar-refractivity contribution in [1.82, 2.24) is 0 Å². The number of hydrogen-bond donors (Lipinski definition) is 4. The molecule has 2 fully saturated rings. The lowest BCUT2D eigenvalue weighted by Gasteiger charge is -2.45. The number of rotatable bonds is 13. The van der Waals surface area contributed by atoms with Crippen molar-refractivity contribution in [2.24, 2.45) is 11.8 Å². The van der Waals surface area contributed by atoms with Gasteiger partial charge >= 0.3 is 0 Å². The molecule has 2 aliphatic carbocycles. The molecule has 4 aromatic carbocycles. The monoisotopic (exact) mass is 778 g/mol. The molecule has 0 spiro atoms. The maximum Gasteiger partial charge on any atom is 0.128 e. The molecule has 57 heavy (non-hydrogen) atoms. The summed E-state index contributed by atoms with van der Waals surface area (Å²) in [6, 6.07) is 20.7. The zero-order valence-corrected chi connectivity index (χ0v) is 33.3. The number of fused-ring (bicyclic) bond motifs is 2. The maximum atomic E-state index is 12.5. The van der Waals surface area contributed by atoms with Gasteiger partial charge in [-0.1, -0.05) is 25.5 Å². The Balaban J connectivity index is 1.15. The summed E-state index contributed by atoms with van der Waals surface area (Å²) < 4.78 is 31.9. The molecule has 0 aromatic heterocycles. The normalized spacial score (nSPS) is 23.6. The molecule has 4 aliphatic rings. The number of methoxy groups -OCH3 is 1.